The Balaban J connectivity index is 0.000000174. The van der Waals surface area contributed by atoms with Gasteiger partial charge in [-0.1, -0.05) is 0 Å². The fraction of sp³-hybridized carbons (Fsp3) is 0.529. The van der Waals surface area contributed by atoms with Crippen LogP contribution in [0.1, 0.15) is 13.3 Å². The molecular formula is C17H24N2O5. The molecule has 132 valence electrons. The van der Waals surface area contributed by atoms with E-state index < -0.39 is 6.10 Å². The topological polar surface area (TPSA) is 77.1 Å². The first-order valence-electron chi connectivity index (χ1n) is 8.11. The molecule has 1 aromatic rings. The minimum Gasteiger partial charge on any atom is -0.486 e. The predicted molar refractivity (Wildman–Crippen MR) is 89.7 cm³/mol. The van der Waals surface area contributed by atoms with E-state index in [1.165, 1.54) is 0 Å². The van der Waals surface area contributed by atoms with Crippen molar-refractivity contribution in [3.8, 4) is 11.5 Å². The molecule has 0 aromatic heterocycles. The van der Waals surface area contributed by atoms with Gasteiger partial charge in [0.05, 0.1) is 6.61 Å². The fourth-order valence-corrected chi connectivity index (χ4v) is 2.46. The number of ether oxygens (including phenoxy) is 3. The first-order valence-corrected chi connectivity index (χ1v) is 8.11. The molecule has 1 unspecified atom stereocenters. The lowest BCUT2D eigenvalue weighted by atomic mass is 10.2. The van der Waals surface area contributed by atoms with Gasteiger partial charge in [-0.2, -0.15) is 0 Å². The molecule has 2 heterocycles. The molecule has 1 aromatic carbocycles. The van der Waals surface area contributed by atoms with Crippen LogP contribution in [-0.4, -0.2) is 63.2 Å². The Morgan fingerprint density at radius 1 is 1.25 bits per heavy atom. The van der Waals surface area contributed by atoms with Gasteiger partial charge in [-0.25, -0.2) is 0 Å². The SMILES string of the molecule is CCN1CCOC(CC=O)C1=O.CNc1ccc2c(c1)OCCO2. The number of fused-ring (bicyclic) bond motifs is 1. The standard InChI is InChI=1S/C9H11NO2.C8H13NO3/c1-10-7-2-3-8-9(6-7)12-5-4-11-8;1-2-9-4-6-12-7(3-5-10)8(9)11/h2-3,6,10H,4-5H2,1H3;5,7H,2-4,6H2,1H3. The average Bonchev–Trinajstić information content (AvgIpc) is 2.64. The van der Waals surface area contributed by atoms with Gasteiger partial charge in [0.25, 0.3) is 5.91 Å². The van der Waals surface area contributed by atoms with E-state index in [2.05, 4.69) is 5.32 Å². The number of likely N-dealkylation sites (N-methyl/N-ethyl adjacent to an activating group) is 1. The van der Waals surface area contributed by atoms with Crippen LogP contribution in [0.25, 0.3) is 0 Å². The number of carbonyl (C=O) groups is 2. The second-order valence-electron chi connectivity index (χ2n) is 5.29. The fourth-order valence-electron chi connectivity index (χ4n) is 2.46. The normalized spacial score (nSPS) is 19.2. The number of amides is 1. The molecule has 2 aliphatic heterocycles. The van der Waals surface area contributed by atoms with Gasteiger partial charge in [0.2, 0.25) is 0 Å². The van der Waals surface area contributed by atoms with E-state index in [1.54, 1.807) is 4.90 Å². The van der Waals surface area contributed by atoms with Crippen molar-refractivity contribution in [2.75, 3.05) is 45.3 Å². The second-order valence-corrected chi connectivity index (χ2v) is 5.29. The third-order valence-corrected chi connectivity index (χ3v) is 3.79. The van der Waals surface area contributed by atoms with E-state index in [4.69, 9.17) is 14.2 Å². The lowest BCUT2D eigenvalue weighted by molar-refractivity contribution is -0.153. The summed E-state index contributed by atoms with van der Waals surface area (Å²) in [5, 5.41) is 3.04. The summed E-state index contributed by atoms with van der Waals surface area (Å²) >= 11 is 0. The van der Waals surface area contributed by atoms with Crippen molar-refractivity contribution in [2.24, 2.45) is 0 Å². The van der Waals surface area contributed by atoms with Crippen molar-refractivity contribution < 1.29 is 23.8 Å². The van der Waals surface area contributed by atoms with E-state index in [9.17, 15) is 9.59 Å². The molecule has 0 spiro atoms. The highest BCUT2D eigenvalue weighted by atomic mass is 16.6. The lowest BCUT2D eigenvalue weighted by Gasteiger charge is -2.30. The molecule has 24 heavy (non-hydrogen) atoms. The van der Waals surface area contributed by atoms with Gasteiger partial charge < -0.3 is 29.2 Å². The first-order chi connectivity index (χ1) is 11.7. The van der Waals surface area contributed by atoms with Crippen LogP contribution in [-0.2, 0) is 14.3 Å². The summed E-state index contributed by atoms with van der Waals surface area (Å²) in [5.41, 5.74) is 1.04. The number of rotatable bonds is 4. The molecule has 0 radical (unpaired) electrons. The highest BCUT2D eigenvalue weighted by Gasteiger charge is 2.27. The molecule has 1 fully saturated rings. The monoisotopic (exact) mass is 336 g/mol. The summed E-state index contributed by atoms with van der Waals surface area (Å²) in [6, 6.07) is 5.82. The Morgan fingerprint density at radius 3 is 2.67 bits per heavy atom. The van der Waals surface area contributed by atoms with E-state index in [0.717, 1.165) is 23.5 Å². The number of nitrogens with one attached hydrogen (secondary N) is 1. The maximum absolute atomic E-state index is 11.4. The molecule has 1 amide bonds. The highest BCUT2D eigenvalue weighted by Crippen LogP contribution is 2.32. The predicted octanol–water partition coefficient (Wildman–Crippen LogP) is 1.32. The summed E-state index contributed by atoms with van der Waals surface area (Å²) in [5.74, 6) is 1.60. The minimum absolute atomic E-state index is 0.0594. The number of morpholine rings is 1. The van der Waals surface area contributed by atoms with Crippen LogP contribution in [0.5, 0.6) is 11.5 Å². The van der Waals surface area contributed by atoms with Crippen molar-refractivity contribution in [3.63, 3.8) is 0 Å². The van der Waals surface area contributed by atoms with Gasteiger partial charge in [-0.05, 0) is 19.1 Å². The van der Waals surface area contributed by atoms with Gasteiger partial charge in [0.15, 0.2) is 11.5 Å². The smallest absolute Gasteiger partial charge is 0.252 e. The van der Waals surface area contributed by atoms with Crippen molar-refractivity contribution in [3.05, 3.63) is 18.2 Å². The maximum Gasteiger partial charge on any atom is 0.252 e. The molecule has 3 rings (SSSR count). The van der Waals surface area contributed by atoms with Crippen LogP contribution >= 0.6 is 0 Å². The molecular weight excluding hydrogens is 312 g/mol. The molecule has 7 heteroatoms. The third kappa shape index (κ3) is 4.61. The molecule has 0 bridgehead atoms. The third-order valence-electron chi connectivity index (χ3n) is 3.79. The summed E-state index contributed by atoms with van der Waals surface area (Å²) < 4.78 is 15.9. The molecule has 1 saturated heterocycles. The van der Waals surface area contributed by atoms with Crippen LogP contribution in [0, 0.1) is 0 Å². The zero-order valence-corrected chi connectivity index (χ0v) is 14.1. The van der Waals surface area contributed by atoms with Gasteiger partial charge in [-0.15, -0.1) is 0 Å². The van der Waals surface area contributed by atoms with Crippen LogP contribution in [0.15, 0.2) is 18.2 Å². The molecule has 0 aliphatic carbocycles. The molecule has 1 atom stereocenters. The van der Waals surface area contributed by atoms with Gasteiger partial charge in [0, 0.05) is 38.3 Å². The molecule has 1 N–H and O–H groups in total. The average molecular weight is 336 g/mol. The number of carbonyl (C=O) groups excluding carboxylic acids is 2. The van der Waals surface area contributed by atoms with Gasteiger partial charge in [-0.3, -0.25) is 4.79 Å². The quantitative estimate of drug-likeness (QED) is 0.836. The van der Waals surface area contributed by atoms with E-state index in [0.29, 0.717) is 32.9 Å². The van der Waals surface area contributed by atoms with E-state index in [1.807, 2.05) is 32.2 Å². The lowest BCUT2D eigenvalue weighted by Crippen LogP contribution is -2.47. The molecule has 2 aliphatic rings. The number of anilines is 1. The summed E-state index contributed by atoms with van der Waals surface area (Å²) in [6.07, 6.45) is 0.369. The Morgan fingerprint density at radius 2 is 2.00 bits per heavy atom. The number of hydrogen-bond acceptors (Lipinski definition) is 6. The van der Waals surface area contributed by atoms with E-state index in [-0.39, 0.29) is 12.3 Å². The van der Waals surface area contributed by atoms with Crippen LogP contribution in [0.2, 0.25) is 0 Å². The Hall–Kier alpha value is -2.28. The minimum atomic E-state index is -0.531. The molecule has 0 saturated carbocycles. The van der Waals surface area contributed by atoms with Gasteiger partial charge >= 0.3 is 0 Å². The first kappa shape index (κ1) is 18.1. The number of hydrogen-bond donors (Lipinski definition) is 1. The summed E-state index contributed by atoms with van der Waals surface area (Å²) in [7, 11) is 1.88. The second kappa shape index (κ2) is 9.12. The van der Waals surface area contributed by atoms with E-state index >= 15 is 0 Å². The van der Waals surface area contributed by atoms with Crippen LogP contribution in [0.3, 0.4) is 0 Å². The highest BCUT2D eigenvalue weighted by molar-refractivity contribution is 5.83. The van der Waals surface area contributed by atoms with Gasteiger partial charge in [0.1, 0.15) is 25.6 Å². The van der Waals surface area contributed by atoms with Crippen LogP contribution < -0.4 is 14.8 Å². The van der Waals surface area contributed by atoms with Crippen molar-refractivity contribution in [2.45, 2.75) is 19.4 Å². The molecule has 7 nitrogen and oxygen atoms in total. The Kier molecular flexibility index (Phi) is 6.87. The Labute approximate surface area is 141 Å². The Bertz CT molecular complexity index is 564. The number of benzene rings is 1. The number of nitrogens with zero attached hydrogens (tertiary/aromatic N) is 1. The number of aldehydes is 1. The zero-order valence-electron chi connectivity index (χ0n) is 14.1. The maximum atomic E-state index is 11.4. The van der Waals surface area contributed by atoms with Crippen molar-refractivity contribution in [1.82, 2.24) is 4.90 Å². The largest absolute Gasteiger partial charge is 0.486 e. The summed E-state index contributed by atoms with van der Waals surface area (Å²) in [6.45, 7) is 5.08. The van der Waals surface area contributed by atoms with Crippen LogP contribution in [0.4, 0.5) is 5.69 Å². The zero-order chi connectivity index (χ0) is 17.4. The van der Waals surface area contributed by atoms with Crippen molar-refractivity contribution >= 4 is 17.9 Å². The summed E-state index contributed by atoms with van der Waals surface area (Å²) in [4.78, 5) is 23.3. The van der Waals surface area contributed by atoms with Crippen molar-refractivity contribution in [1.29, 1.82) is 0 Å².